The molecule has 5 rings (SSSR count). The summed E-state index contributed by atoms with van der Waals surface area (Å²) in [5.74, 6) is -2.39. The van der Waals surface area contributed by atoms with Gasteiger partial charge in [-0.1, -0.05) is 11.6 Å². The molecule has 176 valence electrons. The summed E-state index contributed by atoms with van der Waals surface area (Å²) < 4.78 is 5.92. The fourth-order valence-electron chi connectivity index (χ4n) is 6.03. The second-order valence-corrected chi connectivity index (χ2v) is 10.4. The summed E-state index contributed by atoms with van der Waals surface area (Å²) in [6.45, 7) is 3.74. The van der Waals surface area contributed by atoms with Crippen LogP contribution in [-0.2, 0) is 19.2 Å². The number of phenolic OH excluding ortho intramolecular Hbond substituents is 1. The van der Waals surface area contributed by atoms with Crippen molar-refractivity contribution in [3.05, 3.63) is 55.7 Å². The number of carbonyl (C=O) groups excluding carboxylic acids is 4. The number of hydrogen-bond acceptors (Lipinski definition) is 6. The van der Waals surface area contributed by atoms with Gasteiger partial charge in [-0.15, -0.1) is 0 Å². The number of hydrogen-bond donors (Lipinski definition) is 1. The van der Waals surface area contributed by atoms with E-state index in [-0.39, 0.29) is 47.2 Å². The summed E-state index contributed by atoms with van der Waals surface area (Å²) in [7, 11) is 1.46. The lowest BCUT2D eigenvalue weighted by molar-refractivity contribution is -0.139. The molecular weight excluding hydrogens is 549 g/mol. The van der Waals surface area contributed by atoms with Crippen LogP contribution < -0.4 is 4.74 Å². The summed E-state index contributed by atoms with van der Waals surface area (Å²) in [5, 5.41) is 10.4. The molecule has 0 aromatic heterocycles. The largest absolute Gasteiger partial charge is 0.504 e. The van der Waals surface area contributed by atoms with Gasteiger partial charge in [-0.05, 0) is 79.0 Å². The van der Waals surface area contributed by atoms with Gasteiger partial charge < -0.3 is 9.84 Å². The molecule has 0 radical (unpaired) electrons. The van der Waals surface area contributed by atoms with Gasteiger partial charge >= 0.3 is 0 Å². The third kappa shape index (κ3) is 3.14. The van der Waals surface area contributed by atoms with Gasteiger partial charge in [-0.25, -0.2) is 0 Å². The fourth-order valence-corrected chi connectivity index (χ4v) is 6.66. The first-order valence-corrected chi connectivity index (χ1v) is 12.4. The Morgan fingerprint density at radius 1 is 1.15 bits per heavy atom. The number of rotatable bonds is 3. The Kier molecular flexibility index (Phi) is 5.54. The Hall–Kier alpha value is -2.75. The number of phenols is 1. The minimum Gasteiger partial charge on any atom is -0.504 e. The van der Waals surface area contributed by atoms with Gasteiger partial charge in [0, 0.05) is 29.2 Å². The first kappa shape index (κ1) is 23.0. The predicted molar refractivity (Wildman–Crippen MR) is 131 cm³/mol. The molecule has 1 aliphatic heterocycles. The number of benzene rings is 1. The van der Waals surface area contributed by atoms with Crippen molar-refractivity contribution in [1.82, 2.24) is 4.90 Å². The number of halogens is 1. The smallest absolute Gasteiger partial charge is 0.233 e. The number of ketones is 2. The van der Waals surface area contributed by atoms with E-state index < -0.39 is 17.8 Å². The molecule has 1 N–H and O–H groups in total. The lowest BCUT2D eigenvalue weighted by atomic mass is 9.59. The van der Waals surface area contributed by atoms with Gasteiger partial charge in [-0.3, -0.25) is 24.1 Å². The lowest BCUT2D eigenvalue weighted by Gasteiger charge is -2.42. The van der Waals surface area contributed by atoms with Crippen LogP contribution in [0.4, 0.5) is 0 Å². The van der Waals surface area contributed by atoms with Gasteiger partial charge in [0.25, 0.3) is 0 Å². The van der Waals surface area contributed by atoms with Gasteiger partial charge in [0.05, 0.1) is 22.5 Å². The molecule has 1 saturated heterocycles. The molecule has 1 fully saturated rings. The number of likely N-dealkylation sites (tertiary alicyclic amines) is 1. The number of imide groups is 1. The molecule has 8 heteroatoms. The summed E-state index contributed by atoms with van der Waals surface area (Å²) >= 11 is 2.01. The van der Waals surface area contributed by atoms with Crippen molar-refractivity contribution in [2.24, 2.45) is 17.8 Å². The van der Waals surface area contributed by atoms with Gasteiger partial charge in [0.1, 0.15) is 0 Å². The number of fused-ring (bicyclic) bond motifs is 3. The van der Waals surface area contributed by atoms with Crippen molar-refractivity contribution in [3.8, 4) is 11.5 Å². The van der Waals surface area contributed by atoms with E-state index in [9.17, 15) is 24.3 Å². The Morgan fingerprint density at radius 2 is 1.88 bits per heavy atom. The standard InChI is InChI=1S/C26H24INO6/c1-4-28-25(32)14-6-5-13-15(21(14)26(28)33)10-16-18(29)7-11(2)23(30)22(16)20(13)12-8-17(27)24(31)19(9-12)34-3/h5,7-9,14-15,20-21,31H,4,6,10H2,1-3H3. The topological polar surface area (TPSA) is 101 Å². The zero-order chi connectivity index (χ0) is 24.5. The highest BCUT2D eigenvalue weighted by atomic mass is 127. The Morgan fingerprint density at radius 3 is 2.56 bits per heavy atom. The molecule has 4 unspecified atom stereocenters. The van der Waals surface area contributed by atoms with Crippen LogP contribution in [0.2, 0.25) is 0 Å². The highest BCUT2D eigenvalue weighted by Gasteiger charge is 2.55. The van der Waals surface area contributed by atoms with Crippen LogP contribution in [0.25, 0.3) is 0 Å². The average Bonchev–Trinajstić information content (AvgIpc) is 3.07. The normalized spacial score (nSPS) is 28.4. The van der Waals surface area contributed by atoms with Crippen molar-refractivity contribution in [2.45, 2.75) is 32.6 Å². The molecule has 7 nitrogen and oxygen atoms in total. The summed E-state index contributed by atoms with van der Waals surface area (Å²) in [6.07, 6.45) is 4.03. The van der Waals surface area contributed by atoms with Crippen molar-refractivity contribution >= 4 is 46.0 Å². The molecule has 0 spiro atoms. The Balaban J connectivity index is 1.73. The SMILES string of the molecule is CCN1C(=O)C2CC=C3C(c4cc(I)c(O)c(OC)c4)C4=C(CC3C2C1=O)C(=O)C=C(C)C4=O. The number of nitrogens with zero attached hydrogens (tertiary/aromatic N) is 1. The number of carbonyl (C=O) groups is 4. The van der Waals surface area contributed by atoms with Crippen LogP contribution in [0.5, 0.6) is 11.5 Å². The average molecular weight is 573 g/mol. The molecule has 1 aromatic carbocycles. The highest BCUT2D eigenvalue weighted by molar-refractivity contribution is 14.1. The fraction of sp³-hybridized carbons (Fsp3) is 0.385. The molecule has 3 aliphatic carbocycles. The summed E-state index contributed by atoms with van der Waals surface area (Å²) in [4.78, 5) is 54.0. The highest BCUT2D eigenvalue weighted by Crippen LogP contribution is 2.55. The minimum atomic E-state index is -0.559. The van der Waals surface area contributed by atoms with Gasteiger partial charge in [0.2, 0.25) is 11.8 Å². The molecule has 4 aliphatic rings. The van der Waals surface area contributed by atoms with E-state index >= 15 is 0 Å². The number of Topliss-reactive ketones (excluding diaryl/α,β-unsaturated/α-hetero) is 1. The number of aromatic hydroxyl groups is 1. The van der Waals surface area contributed by atoms with Crippen LogP contribution in [0.3, 0.4) is 0 Å². The molecular formula is C26H24INO6. The number of methoxy groups -OCH3 is 1. The Labute approximate surface area is 210 Å². The third-order valence-corrected chi connectivity index (χ3v) is 8.40. The van der Waals surface area contributed by atoms with Crippen molar-refractivity contribution in [1.29, 1.82) is 0 Å². The third-order valence-electron chi connectivity index (χ3n) is 7.58. The monoisotopic (exact) mass is 573 g/mol. The Bertz CT molecular complexity index is 1270. The zero-order valence-corrected chi connectivity index (χ0v) is 21.2. The number of allylic oxidation sites excluding steroid dienone is 6. The van der Waals surface area contributed by atoms with Gasteiger partial charge in [-0.2, -0.15) is 0 Å². The summed E-state index contributed by atoms with van der Waals surface area (Å²) in [6, 6.07) is 3.47. The van der Waals surface area contributed by atoms with E-state index in [1.54, 1.807) is 26.0 Å². The molecule has 4 atom stereocenters. The molecule has 2 amide bonds. The van der Waals surface area contributed by atoms with Gasteiger partial charge in [0.15, 0.2) is 23.1 Å². The van der Waals surface area contributed by atoms with E-state index in [0.717, 1.165) is 5.57 Å². The van der Waals surface area contributed by atoms with Crippen LogP contribution >= 0.6 is 22.6 Å². The first-order valence-electron chi connectivity index (χ1n) is 11.3. The zero-order valence-electron chi connectivity index (χ0n) is 19.1. The molecule has 0 bridgehead atoms. The van der Waals surface area contributed by atoms with E-state index in [1.165, 1.54) is 18.1 Å². The number of ether oxygens (including phenoxy) is 1. The number of amides is 2. The molecule has 1 aromatic rings. The van der Waals surface area contributed by atoms with Crippen molar-refractivity contribution in [3.63, 3.8) is 0 Å². The van der Waals surface area contributed by atoms with Crippen LogP contribution in [-0.4, -0.2) is 47.0 Å². The maximum Gasteiger partial charge on any atom is 0.233 e. The first-order chi connectivity index (χ1) is 16.2. The van der Waals surface area contributed by atoms with Crippen molar-refractivity contribution in [2.75, 3.05) is 13.7 Å². The maximum absolute atomic E-state index is 13.4. The van der Waals surface area contributed by atoms with E-state index in [2.05, 4.69) is 0 Å². The minimum absolute atomic E-state index is 0.00313. The van der Waals surface area contributed by atoms with E-state index in [0.29, 0.717) is 38.8 Å². The van der Waals surface area contributed by atoms with Crippen LogP contribution in [0.15, 0.2) is 46.6 Å². The summed E-state index contributed by atoms with van der Waals surface area (Å²) in [5.41, 5.74) is 2.82. The second kappa shape index (κ2) is 8.18. The van der Waals surface area contributed by atoms with E-state index in [1.807, 2.05) is 28.7 Å². The van der Waals surface area contributed by atoms with E-state index in [4.69, 9.17) is 4.74 Å². The van der Waals surface area contributed by atoms with Crippen LogP contribution in [0, 0.1) is 21.3 Å². The predicted octanol–water partition coefficient (Wildman–Crippen LogP) is 3.45. The van der Waals surface area contributed by atoms with Crippen LogP contribution in [0.1, 0.15) is 38.2 Å². The lowest BCUT2D eigenvalue weighted by Crippen LogP contribution is -2.39. The second-order valence-electron chi connectivity index (χ2n) is 9.20. The molecule has 1 heterocycles. The molecule has 34 heavy (non-hydrogen) atoms. The quantitative estimate of drug-likeness (QED) is 0.258. The molecule has 0 saturated carbocycles. The van der Waals surface area contributed by atoms with Crippen molar-refractivity contribution < 1.29 is 29.0 Å². The maximum atomic E-state index is 13.4.